The Morgan fingerprint density at radius 3 is 2.40 bits per heavy atom. The van der Waals surface area contributed by atoms with Crippen molar-refractivity contribution >= 4 is 11.6 Å². The summed E-state index contributed by atoms with van der Waals surface area (Å²) in [5.74, 6) is 0. The molecule has 0 aromatic carbocycles. The molecule has 2 rings (SSSR count). The van der Waals surface area contributed by atoms with Gasteiger partial charge >= 0.3 is 0 Å². The average Bonchev–Trinajstić information content (AvgIpc) is 3.00. The molecule has 1 N–H and O–H groups in total. The highest BCUT2D eigenvalue weighted by Crippen LogP contribution is 2.37. The number of rotatable bonds is 5. The lowest BCUT2D eigenvalue weighted by Crippen LogP contribution is -2.51. The molecule has 1 fully saturated rings. The first-order valence-corrected chi connectivity index (χ1v) is 7.92. The quantitative estimate of drug-likeness (QED) is 0.906. The van der Waals surface area contributed by atoms with E-state index in [2.05, 4.69) is 43.0 Å². The van der Waals surface area contributed by atoms with Crippen molar-refractivity contribution in [1.82, 2.24) is 20.0 Å². The summed E-state index contributed by atoms with van der Waals surface area (Å²) in [4.78, 5) is 2.56. The summed E-state index contributed by atoms with van der Waals surface area (Å²) in [5, 5.41) is 8.68. The third-order valence-electron chi connectivity index (χ3n) is 4.47. The summed E-state index contributed by atoms with van der Waals surface area (Å²) in [7, 11) is 2.01. The van der Waals surface area contributed by atoms with Crippen molar-refractivity contribution in [2.24, 2.45) is 0 Å². The van der Waals surface area contributed by atoms with Gasteiger partial charge in [0.1, 0.15) is 0 Å². The second kappa shape index (κ2) is 6.04. The van der Waals surface area contributed by atoms with E-state index in [1.807, 2.05) is 11.7 Å². The molecule has 114 valence electrons. The molecule has 0 radical (unpaired) electrons. The molecule has 0 amide bonds. The molecule has 1 unspecified atom stereocenters. The zero-order chi connectivity index (χ0) is 14.9. The van der Waals surface area contributed by atoms with Gasteiger partial charge in [-0.1, -0.05) is 11.6 Å². The van der Waals surface area contributed by atoms with Crippen molar-refractivity contribution in [1.29, 1.82) is 0 Å². The van der Waals surface area contributed by atoms with Gasteiger partial charge < -0.3 is 5.32 Å². The zero-order valence-corrected chi connectivity index (χ0v) is 14.0. The van der Waals surface area contributed by atoms with Gasteiger partial charge in [-0.15, -0.1) is 0 Å². The molecule has 1 aliphatic heterocycles. The van der Waals surface area contributed by atoms with Crippen molar-refractivity contribution in [2.45, 2.75) is 58.2 Å². The third kappa shape index (κ3) is 2.74. The maximum absolute atomic E-state index is 6.43. The number of likely N-dealkylation sites (N-methyl/N-ethyl adjacent to an activating group) is 1. The normalized spacial score (nSPS) is 18.9. The molecule has 1 atom stereocenters. The van der Waals surface area contributed by atoms with Gasteiger partial charge in [0.15, 0.2) is 0 Å². The van der Waals surface area contributed by atoms with Crippen molar-refractivity contribution < 1.29 is 0 Å². The molecule has 0 spiro atoms. The summed E-state index contributed by atoms with van der Waals surface area (Å²) < 4.78 is 2.04. The molecule has 1 saturated heterocycles. The molecule has 1 aromatic heterocycles. The van der Waals surface area contributed by atoms with E-state index in [1.54, 1.807) is 6.20 Å². The van der Waals surface area contributed by atoms with Crippen LogP contribution in [0.3, 0.4) is 0 Å². The Balaban J connectivity index is 2.39. The number of aromatic nitrogens is 2. The number of nitrogens with zero attached hydrogens (tertiary/aromatic N) is 3. The summed E-state index contributed by atoms with van der Waals surface area (Å²) in [6, 6.07) is 0.473. The standard InChI is InChI=1S/C15H27ClN4/c1-11(2)20-13(12(16)10-18-20)14(17-5)15(3,4)19-8-6-7-9-19/h10-11,14,17H,6-9H2,1-5H3. The molecule has 0 saturated carbocycles. The lowest BCUT2D eigenvalue weighted by atomic mass is 9.89. The second-order valence-corrected chi connectivity index (χ2v) is 6.89. The van der Waals surface area contributed by atoms with Gasteiger partial charge in [0, 0.05) is 11.6 Å². The smallest absolute Gasteiger partial charge is 0.0835 e. The second-order valence-electron chi connectivity index (χ2n) is 6.49. The van der Waals surface area contributed by atoms with Crippen molar-refractivity contribution in [3.05, 3.63) is 16.9 Å². The van der Waals surface area contributed by atoms with Crippen LogP contribution in [0.15, 0.2) is 6.20 Å². The summed E-state index contributed by atoms with van der Waals surface area (Å²) in [5.41, 5.74) is 1.11. The predicted molar refractivity (Wildman–Crippen MR) is 84.3 cm³/mol. The molecule has 0 aliphatic carbocycles. The van der Waals surface area contributed by atoms with Gasteiger partial charge in [0.05, 0.1) is 23.0 Å². The fourth-order valence-electron chi connectivity index (χ4n) is 3.33. The Bertz CT molecular complexity index is 447. The Kier molecular flexibility index (Phi) is 4.77. The molecule has 1 aliphatic rings. The highest BCUT2D eigenvalue weighted by Gasteiger charge is 2.39. The number of hydrogen-bond donors (Lipinski definition) is 1. The lowest BCUT2D eigenvalue weighted by Gasteiger charge is -2.42. The minimum absolute atomic E-state index is 0.0154. The van der Waals surface area contributed by atoms with E-state index in [4.69, 9.17) is 11.6 Å². The zero-order valence-electron chi connectivity index (χ0n) is 13.3. The van der Waals surface area contributed by atoms with E-state index in [1.165, 1.54) is 25.9 Å². The SMILES string of the molecule is CNC(c1c(Cl)cnn1C(C)C)C(C)(C)N1CCCC1. The number of nitrogens with one attached hydrogen (secondary N) is 1. The van der Waals surface area contributed by atoms with Crippen LogP contribution < -0.4 is 5.32 Å². The van der Waals surface area contributed by atoms with Gasteiger partial charge in [-0.25, -0.2) is 0 Å². The Morgan fingerprint density at radius 1 is 1.30 bits per heavy atom. The Hall–Kier alpha value is -0.580. The van der Waals surface area contributed by atoms with Crippen LogP contribution in [0.4, 0.5) is 0 Å². The molecule has 2 heterocycles. The fraction of sp³-hybridized carbons (Fsp3) is 0.800. The molecule has 4 nitrogen and oxygen atoms in total. The van der Waals surface area contributed by atoms with Crippen molar-refractivity contribution in [3.8, 4) is 0 Å². The minimum Gasteiger partial charge on any atom is -0.310 e. The number of hydrogen-bond acceptors (Lipinski definition) is 3. The van der Waals surface area contributed by atoms with Gasteiger partial charge in [-0.3, -0.25) is 9.58 Å². The maximum atomic E-state index is 6.43. The summed E-state index contributed by atoms with van der Waals surface area (Å²) in [6.07, 6.45) is 4.34. The third-order valence-corrected chi connectivity index (χ3v) is 4.76. The molecular formula is C15H27ClN4. The highest BCUT2D eigenvalue weighted by molar-refractivity contribution is 6.31. The van der Waals surface area contributed by atoms with Gasteiger partial charge in [0.25, 0.3) is 0 Å². The average molecular weight is 299 g/mol. The Morgan fingerprint density at radius 2 is 1.90 bits per heavy atom. The van der Waals surface area contributed by atoms with E-state index in [0.29, 0.717) is 6.04 Å². The van der Waals surface area contributed by atoms with Gasteiger partial charge in [0.2, 0.25) is 0 Å². The predicted octanol–water partition coefficient (Wildman–Crippen LogP) is 3.25. The topological polar surface area (TPSA) is 33.1 Å². The van der Waals surface area contributed by atoms with Crippen LogP contribution in [0.2, 0.25) is 5.02 Å². The van der Waals surface area contributed by atoms with Crippen LogP contribution in [0, 0.1) is 0 Å². The lowest BCUT2D eigenvalue weighted by molar-refractivity contribution is 0.106. The molecular weight excluding hydrogens is 272 g/mol. The van der Waals surface area contributed by atoms with Gasteiger partial charge in [-0.2, -0.15) is 5.10 Å². The van der Waals surface area contributed by atoms with Gasteiger partial charge in [-0.05, 0) is 60.7 Å². The maximum Gasteiger partial charge on any atom is 0.0835 e. The van der Waals surface area contributed by atoms with Crippen LogP contribution in [0.1, 0.15) is 58.3 Å². The first-order chi connectivity index (χ1) is 9.39. The van der Waals surface area contributed by atoms with E-state index >= 15 is 0 Å². The van der Waals surface area contributed by atoms with Crippen LogP contribution in [-0.2, 0) is 0 Å². The molecule has 1 aromatic rings. The van der Waals surface area contributed by atoms with E-state index in [-0.39, 0.29) is 11.6 Å². The van der Waals surface area contributed by atoms with Crippen LogP contribution in [-0.4, -0.2) is 40.4 Å². The number of halogens is 1. The first kappa shape index (κ1) is 15.8. The summed E-state index contributed by atoms with van der Waals surface area (Å²) >= 11 is 6.43. The monoisotopic (exact) mass is 298 g/mol. The van der Waals surface area contributed by atoms with E-state index in [9.17, 15) is 0 Å². The van der Waals surface area contributed by atoms with E-state index in [0.717, 1.165) is 10.7 Å². The van der Waals surface area contributed by atoms with E-state index < -0.39 is 0 Å². The summed E-state index contributed by atoms with van der Waals surface area (Å²) in [6.45, 7) is 11.2. The number of likely N-dealkylation sites (tertiary alicyclic amines) is 1. The molecule has 0 bridgehead atoms. The largest absolute Gasteiger partial charge is 0.310 e. The minimum atomic E-state index is 0.0154. The highest BCUT2D eigenvalue weighted by atomic mass is 35.5. The van der Waals surface area contributed by atoms with Crippen LogP contribution in [0.25, 0.3) is 0 Å². The van der Waals surface area contributed by atoms with Crippen LogP contribution >= 0.6 is 11.6 Å². The van der Waals surface area contributed by atoms with Crippen molar-refractivity contribution in [3.63, 3.8) is 0 Å². The molecule has 20 heavy (non-hydrogen) atoms. The molecule has 5 heteroatoms. The Labute approximate surface area is 127 Å². The first-order valence-electron chi connectivity index (χ1n) is 7.54. The van der Waals surface area contributed by atoms with Crippen molar-refractivity contribution in [2.75, 3.05) is 20.1 Å². The fourth-order valence-corrected chi connectivity index (χ4v) is 3.57. The van der Waals surface area contributed by atoms with Crippen LogP contribution in [0.5, 0.6) is 0 Å².